The second-order valence-electron chi connectivity index (χ2n) is 6.29. The van der Waals surface area contributed by atoms with Gasteiger partial charge in [-0.1, -0.05) is 11.6 Å². The molecule has 2 heterocycles. The van der Waals surface area contributed by atoms with Crippen molar-refractivity contribution in [1.82, 2.24) is 9.78 Å². The number of aromatic amines is 1. The second kappa shape index (κ2) is 7.32. The van der Waals surface area contributed by atoms with Gasteiger partial charge in [0, 0.05) is 16.9 Å². The molecule has 0 bridgehead atoms. The van der Waals surface area contributed by atoms with E-state index in [9.17, 15) is 18.0 Å². The average Bonchev–Trinajstić information content (AvgIpc) is 3.11. The number of methoxy groups -OCH3 is 1. The van der Waals surface area contributed by atoms with Gasteiger partial charge in [-0.3, -0.25) is 14.9 Å². The fraction of sp³-hybridized carbons (Fsp3) is 0.353. The Hall–Kier alpha value is -2.39. The van der Waals surface area contributed by atoms with E-state index in [-0.39, 0.29) is 33.9 Å². The molecule has 1 aromatic heterocycles. The molecule has 1 aromatic carbocycles. The van der Waals surface area contributed by atoms with E-state index < -0.39 is 21.8 Å². The summed E-state index contributed by atoms with van der Waals surface area (Å²) < 4.78 is 29.4. The van der Waals surface area contributed by atoms with Gasteiger partial charge in [-0.05, 0) is 31.5 Å². The smallest absolute Gasteiger partial charge is 0.340 e. The van der Waals surface area contributed by atoms with E-state index >= 15 is 0 Å². The number of sulfone groups is 1. The number of esters is 1. The van der Waals surface area contributed by atoms with E-state index in [0.29, 0.717) is 17.1 Å². The number of aliphatic imine (C=N–C) groups is 1. The van der Waals surface area contributed by atoms with E-state index in [1.165, 1.54) is 30.1 Å². The molecule has 1 aliphatic heterocycles. The van der Waals surface area contributed by atoms with Crippen LogP contribution in [0.25, 0.3) is 0 Å². The monoisotopic (exact) mass is 411 g/mol. The minimum atomic E-state index is -3.12. The van der Waals surface area contributed by atoms with Gasteiger partial charge in [0.1, 0.15) is 0 Å². The first kappa shape index (κ1) is 19.4. The highest BCUT2D eigenvalue weighted by Crippen LogP contribution is 2.25. The summed E-state index contributed by atoms with van der Waals surface area (Å²) in [6.07, 6.45) is 1.73. The normalized spacial score (nSPS) is 18.9. The van der Waals surface area contributed by atoms with Crippen molar-refractivity contribution in [3.05, 3.63) is 50.4 Å². The lowest BCUT2D eigenvalue weighted by molar-refractivity contribution is 0.0601. The largest absolute Gasteiger partial charge is 0.465 e. The Kier molecular flexibility index (Phi) is 5.25. The molecule has 8 nitrogen and oxygen atoms in total. The summed E-state index contributed by atoms with van der Waals surface area (Å²) >= 11 is 5.97. The SMILES string of the molecule is COC(=O)c1ccc(Cl)cc1N=Cc1c(C)[nH]n(C2CCS(=O)(=O)C2)c1=O. The highest BCUT2D eigenvalue weighted by atomic mass is 35.5. The molecule has 1 fully saturated rings. The molecule has 0 saturated carbocycles. The van der Waals surface area contributed by atoms with Crippen molar-refractivity contribution in [2.45, 2.75) is 19.4 Å². The molecule has 1 unspecified atom stereocenters. The van der Waals surface area contributed by atoms with Gasteiger partial charge < -0.3 is 4.74 Å². The van der Waals surface area contributed by atoms with Gasteiger partial charge in [-0.2, -0.15) is 0 Å². The molecule has 0 spiro atoms. The number of nitrogens with zero attached hydrogens (tertiary/aromatic N) is 2. The summed E-state index contributed by atoms with van der Waals surface area (Å²) in [4.78, 5) is 28.8. The van der Waals surface area contributed by atoms with E-state index in [2.05, 4.69) is 10.1 Å². The molecule has 0 amide bonds. The van der Waals surface area contributed by atoms with Crippen molar-refractivity contribution in [2.75, 3.05) is 18.6 Å². The molecular formula is C17H18ClN3O5S. The minimum absolute atomic E-state index is 0.0653. The van der Waals surface area contributed by atoms with Crippen molar-refractivity contribution in [3.8, 4) is 0 Å². The number of rotatable bonds is 4. The van der Waals surface area contributed by atoms with Crippen LogP contribution >= 0.6 is 11.6 Å². The number of nitrogens with one attached hydrogen (secondary N) is 1. The Morgan fingerprint density at radius 2 is 2.19 bits per heavy atom. The first-order valence-corrected chi connectivity index (χ1v) is 10.4. The first-order valence-electron chi connectivity index (χ1n) is 8.15. The van der Waals surface area contributed by atoms with Crippen LogP contribution < -0.4 is 5.56 Å². The number of aryl methyl sites for hydroxylation is 1. The molecule has 1 aliphatic rings. The molecule has 27 heavy (non-hydrogen) atoms. The molecule has 2 aromatic rings. The number of aromatic nitrogens is 2. The third-order valence-electron chi connectivity index (χ3n) is 4.41. The fourth-order valence-electron chi connectivity index (χ4n) is 3.00. The van der Waals surface area contributed by atoms with E-state index in [1.807, 2.05) is 0 Å². The van der Waals surface area contributed by atoms with Gasteiger partial charge in [0.15, 0.2) is 9.84 Å². The van der Waals surface area contributed by atoms with E-state index in [0.717, 1.165) is 0 Å². The lowest BCUT2D eigenvalue weighted by atomic mass is 10.2. The summed E-state index contributed by atoms with van der Waals surface area (Å²) in [5.41, 5.74) is 0.961. The Bertz CT molecular complexity index is 1080. The Morgan fingerprint density at radius 1 is 1.44 bits per heavy atom. The number of ether oxygens (including phenoxy) is 1. The van der Waals surface area contributed by atoms with Crippen LogP contribution in [0.4, 0.5) is 5.69 Å². The number of carbonyl (C=O) groups is 1. The third-order valence-corrected chi connectivity index (χ3v) is 6.40. The maximum absolute atomic E-state index is 12.7. The number of benzene rings is 1. The maximum Gasteiger partial charge on any atom is 0.340 e. The van der Waals surface area contributed by atoms with Crippen LogP contribution in [-0.4, -0.2) is 49.0 Å². The number of hydrogen-bond acceptors (Lipinski definition) is 6. The highest BCUT2D eigenvalue weighted by molar-refractivity contribution is 7.91. The van der Waals surface area contributed by atoms with Crippen molar-refractivity contribution < 1.29 is 17.9 Å². The van der Waals surface area contributed by atoms with Crippen molar-refractivity contribution in [3.63, 3.8) is 0 Å². The maximum atomic E-state index is 12.7. The van der Waals surface area contributed by atoms with Crippen molar-refractivity contribution in [2.24, 2.45) is 4.99 Å². The molecule has 1 N–H and O–H groups in total. The molecule has 1 saturated heterocycles. The quantitative estimate of drug-likeness (QED) is 0.611. The Morgan fingerprint density at radius 3 is 2.81 bits per heavy atom. The summed E-state index contributed by atoms with van der Waals surface area (Å²) in [6, 6.07) is 4.11. The zero-order valence-corrected chi connectivity index (χ0v) is 16.3. The molecule has 0 aliphatic carbocycles. The van der Waals surface area contributed by atoms with Crippen molar-refractivity contribution in [1.29, 1.82) is 0 Å². The first-order chi connectivity index (χ1) is 12.7. The zero-order valence-electron chi connectivity index (χ0n) is 14.7. The molecule has 3 rings (SSSR count). The average molecular weight is 412 g/mol. The molecule has 10 heteroatoms. The number of halogens is 1. The number of H-pyrrole nitrogens is 1. The minimum Gasteiger partial charge on any atom is -0.465 e. The fourth-order valence-corrected chi connectivity index (χ4v) is 4.86. The molecule has 1 atom stereocenters. The van der Waals surface area contributed by atoms with Crippen LogP contribution in [0.3, 0.4) is 0 Å². The summed E-state index contributed by atoms with van der Waals surface area (Å²) in [6.45, 7) is 1.70. The lowest BCUT2D eigenvalue weighted by Crippen LogP contribution is -2.25. The Labute approximate surface area is 160 Å². The predicted molar refractivity (Wildman–Crippen MR) is 102 cm³/mol. The van der Waals surface area contributed by atoms with Crippen LogP contribution in [-0.2, 0) is 14.6 Å². The highest BCUT2D eigenvalue weighted by Gasteiger charge is 2.31. The molecule has 0 radical (unpaired) electrons. The zero-order chi connectivity index (χ0) is 19.8. The van der Waals surface area contributed by atoms with Gasteiger partial charge in [-0.25, -0.2) is 17.9 Å². The predicted octanol–water partition coefficient (Wildman–Crippen LogP) is 2.04. The van der Waals surface area contributed by atoms with Gasteiger partial charge in [-0.15, -0.1) is 0 Å². The van der Waals surface area contributed by atoms with Gasteiger partial charge in [0.2, 0.25) is 0 Å². The molecular weight excluding hydrogens is 394 g/mol. The van der Waals surface area contributed by atoms with Crippen LogP contribution in [0.15, 0.2) is 28.0 Å². The van der Waals surface area contributed by atoms with Crippen LogP contribution in [0, 0.1) is 6.92 Å². The van der Waals surface area contributed by atoms with Crippen LogP contribution in [0.5, 0.6) is 0 Å². The number of hydrogen-bond donors (Lipinski definition) is 1. The second-order valence-corrected chi connectivity index (χ2v) is 8.96. The van der Waals surface area contributed by atoms with Gasteiger partial charge in [0.05, 0.1) is 41.5 Å². The van der Waals surface area contributed by atoms with Gasteiger partial charge >= 0.3 is 5.97 Å². The topological polar surface area (TPSA) is 111 Å². The van der Waals surface area contributed by atoms with E-state index in [1.54, 1.807) is 13.0 Å². The van der Waals surface area contributed by atoms with Crippen molar-refractivity contribution >= 4 is 39.3 Å². The summed E-state index contributed by atoms with van der Waals surface area (Å²) in [5, 5.41) is 3.30. The summed E-state index contributed by atoms with van der Waals surface area (Å²) in [7, 11) is -1.86. The van der Waals surface area contributed by atoms with Crippen LogP contribution in [0.2, 0.25) is 5.02 Å². The van der Waals surface area contributed by atoms with Gasteiger partial charge in [0.25, 0.3) is 5.56 Å². The summed E-state index contributed by atoms with van der Waals surface area (Å²) in [5.74, 6) is -0.570. The van der Waals surface area contributed by atoms with E-state index in [4.69, 9.17) is 16.3 Å². The third kappa shape index (κ3) is 3.98. The van der Waals surface area contributed by atoms with Crippen LogP contribution in [0.1, 0.15) is 34.1 Å². The Balaban J connectivity index is 1.97. The molecule has 144 valence electrons. The standard InChI is InChI=1S/C17H18ClN3O5S/c1-10-14(16(22)21(20-10)12-5-6-27(24,25)9-12)8-19-15-7-11(18)3-4-13(15)17(23)26-2/h3-4,7-8,12,20H,5-6,9H2,1-2H3. The number of carbonyl (C=O) groups excluding carboxylic acids is 1. The lowest BCUT2D eigenvalue weighted by Gasteiger charge is -2.07.